The number of carbonyl (C=O) groups excluding carboxylic acids is 1. The topological polar surface area (TPSA) is 17.1 Å². The summed E-state index contributed by atoms with van der Waals surface area (Å²) in [4.78, 5) is 10.6. The summed E-state index contributed by atoms with van der Waals surface area (Å²) in [6.07, 6.45) is 1.94. The Bertz CT molecular complexity index is 361. The zero-order chi connectivity index (χ0) is 10.6. The zero-order valence-electron chi connectivity index (χ0n) is 8.29. The van der Waals surface area contributed by atoms with E-state index in [1.54, 1.807) is 6.07 Å². The summed E-state index contributed by atoms with van der Waals surface area (Å²) in [5, 5.41) is 1.20. The van der Waals surface area contributed by atoms with Crippen LogP contribution >= 0.6 is 0 Å². The molecule has 0 aliphatic rings. The molecule has 0 aromatic heterocycles. The first-order valence-corrected chi connectivity index (χ1v) is 6.38. The minimum atomic E-state index is -1.28. The maximum atomic E-state index is 10.6. The van der Waals surface area contributed by atoms with Crippen molar-refractivity contribution in [2.45, 2.75) is 6.92 Å². The van der Waals surface area contributed by atoms with E-state index in [-0.39, 0.29) is 0 Å². The molecule has 1 nitrogen and oxygen atoms in total. The summed E-state index contributed by atoms with van der Waals surface area (Å²) in [6.45, 7) is 9.54. The molecule has 0 fully saturated rings. The van der Waals surface area contributed by atoms with Gasteiger partial charge in [-0.1, -0.05) is 34.8 Å². The van der Waals surface area contributed by atoms with Crippen molar-refractivity contribution < 1.29 is 4.79 Å². The molecule has 0 atom stereocenters. The standard InChI is InChI=1S/C12H13OSi/c1-4-14(5-2)12-8-6-7-11(9-13)10(12)3/h4-8,14H,1-2H2,3H3. The van der Waals surface area contributed by atoms with E-state index in [0.717, 1.165) is 5.56 Å². The Balaban J connectivity index is 3.26. The molecular formula is C12H13OSi. The summed E-state index contributed by atoms with van der Waals surface area (Å²) in [5.41, 5.74) is 5.55. The van der Waals surface area contributed by atoms with Crippen molar-refractivity contribution in [2.24, 2.45) is 0 Å². The highest BCUT2D eigenvalue weighted by Gasteiger charge is 2.10. The van der Waals surface area contributed by atoms with Crippen LogP contribution in [0.15, 0.2) is 42.8 Å². The van der Waals surface area contributed by atoms with E-state index in [4.69, 9.17) is 0 Å². The van der Waals surface area contributed by atoms with Gasteiger partial charge in [0, 0.05) is 5.56 Å². The summed E-state index contributed by atoms with van der Waals surface area (Å²) < 4.78 is 0. The van der Waals surface area contributed by atoms with E-state index in [0.29, 0.717) is 5.56 Å². The molecular weight excluding hydrogens is 188 g/mol. The van der Waals surface area contributed by atoms with Gasteiger partial charge in [0.2, 0.25) is 6.29 Å². The largest absolute Gasteiger partial charge is 0.285 e. The van der Waals surface area contributed by atoms with Gasteiger partial charge in [-0.05, 0) is 12.5 Å². The lowest BCUT2D eigenvalue weighted by molar-refractivity contribution is 0.562. The third-order valence-electron chi connectivity index (χ3n) is 2.35. The van der Waals surface area contributed by atoms with E-state index >= 15 is 0 Å². The lowest BCUT2D eigenvalue weighted by atomic mass is 10.1. The molecule has 1 aromatic carbocycles. The molecule has 0 aliphatic heterocycles. The van der Waals surface area contributed by atoms with Crippen LogP contribution in [0.4, 0.5) is 0 Å². The third kappa shape index (κ3) is 1.91. The van der Waals surface area contributed by atoms with Crippen molar-refractivity contribution in [1.82, 2.24) is 0 Å². The quantitative estimate of drug-likeness (QED) is 0.672. The maximum Gasteiger partial charge on any atom is 0.233 e. The molecule has 0 saturated carbocycles. The highest BCUT2D eigenvalue weighted by atomic mass is 28.3. The van der Waals surface area contributed by atoms with Crippen molar-refractivity contribution >= 4 is 20.3 Å². The average molecular weight is 201 g/mol. The fourth-order valence-corrected chi connectivity index (χ4v) is 3.16. The first kappa shape index (κ1) is 10.7. The molecule has 0 N–H and O–H groups in total. The van der Waals surface area contributed by atoms with Gasteiger partial charge in [-0.25, -0.2) is 0 Å². The molecule has 0 aliphatic carbocycles. The smallest absolute Gasteiger partial charge is 0.233 e. The first-order chi connectivity index (χ1) is 6.74. The van der Waals surface area contributed by atoms with Crippen molar-refractivity contribution in [3.63, 3.8) is 0 Å². The van der Waals surface area contributed by atoms with Gasteiger partial charge in [0.1, 0.15) is 8.80 Å². The predicted octanol–water partition coefficient (Wildman–Crippen LogP) is 1.34. The van der Waals surface area contributed by atoms with E-state index in [1.165, 1.54) is 5.19 Å². The fraction of sp³-hybridized carbons (Fsp3) is 0.0833. The highest BCUT2D eigenvalue weighted by molar-refractivity contribution is 6.82. The van der Waals surface area contributed by atoms with E-state index in [9.17, 15) is 4.79 Å². The third-order valence-corrected chi connectivity index (χ3v) is 4.71. The highest BCUT2D eigenvalue weighted by Crippen LogP contribution is 2.04. The van der Waals surface area contributed by atoms with Crippen LogP contribution < -0.4 is 5.19 Å². The Morgan fingerprint density at radius 3 is 2.50 bits per heavy atom. The maximum absolute atomic E-state index is 10.6. The normalized spacial score (nSPS) is 9.86. The van der Waals surface area contributed by atoms with Crippen molar-refractivity contribution in [1.29, 1.82) is 0 Å². The molecule has 0 saturated heterocycles. The number of hydrogen-bond acceptors (Lipinski definition) is 1. The predicted molar refractivity (Wildman–Crippen MR) is 63.2 cm³/mol. The molecule has 14 heavy (non-hydrogen) atoms. The van der Waals surface area contributed by atoms with E-state index < -0.39 is 8.80 Å². The summed E-state index contributed by atoms with van der Waals surface area (Å²) in [5.74, 6) is 0. The van der Waals surface area contributed by atoms with Gasteiger partial charge in [-0.15, -0.1) is 13.2 Å². The van der Waals surface area contributed by atoms with Gasteiger partial charge in [-0.3, -0.25) is 4.79 Å². The van der Waals surface area contributed by atoms with Gasteiger partial charge in [0.15, 0.2) is 0 Å². The van der Waals surface area contributed by atoms with Crippen LogP contribution in [-0.2, 0) is 4.79 Å². The molecule has 0 unspecified atom stereocenters. The number of hydrogen-bond donors (Lipinski definition) is 0. The Labute approximate surface area is 86.4 Å². The number of benzene rings is 1. The van der Waals surface area contributed by atoms with Gasteiger partial charge in [0.25, 0.3) is 0 Å². The van der Waals surface area contributed by atoms with Crippen LogP contribution in [0.25, 0.3) is 0 Å². The summed E-state index contributed by atoms with van der Waals surface area (Å²) in [7, 11) is -1.28. The average Bonchev–Trinajstić information content (AvgIpc) is 2.22. The molecule has 0 spiro atoms. The lowest BCUT2D eigenvalue weighted by Crippen LogP contribution is -2.29. The first-order valence-electron chi connectivity index (χ1n) is 4.47. The SMILES string of the molecule is C=C[SiH](C=C)c1cccc([C]=O)c1C. The van der Waals surface area contributed by atoms with E-state index in [2.05, 4.69) is 13.2 Å². The molecule has 1 radical (unpaired) electrons. The second-order valence-corrected chi connectivity index (χ2v) is 5.74. The molecule has 71 valence electrons. The van der Waals surface area contributed by atoms with Gasteiger partial charge in [0.05, 0.1) is 0 Å². The lowest BCUT2D eigenvalue weighted by Gasteiger charge is -2.10. The Hall–Kier alpha value is -1.41. The molecule has 1 aromatic rings. The van der Waals surface area contributed by atoms with Crippen LogP contribution in [0.1, 0.15) is 11.1 Å². The number of rotatable bonds is 4. The molecule has 2 heteroatoms. The summed E-state index contributed by atoms with van der Waals surface area (Å²) in [6, 6.07) is 5.70. The van der Waals surface area contributed by atoms with Gasteiger partial charge in [-0.2, -0.15) is 0 Å². The Morgan fingerprint density at radius 2 is 2.00 bits per heavy atom. The minimum Gasteiger partial charge on any atom is -0.285 e. The van der Waals surface area contributed by atoms with Crippen molar-refractivity contribution in [2.75, 3.05) is 0 Å². The zero-order valence-corrected chi connectivity index (χ0v) is 9.44. The molecule has 0 heterocycles. The van der Waals surface area contributed by atoms with Crippen LogP contribution in [0, 0.1) is 6.92 Å². The van der Waals surface area contributed by atoms with Crippen LogP contribution in [0.5, 0.6) is 0 Å². The molecule has 1 rings (SSSR count). The van der Waals surface area contributed by atoms with Crippen LogP contribution in [0.3, 0.4) is 0 Å². The summed E-state index contributed by atoms with van der Waals surface area (Å²) >= 11 is 0. The van der Waals surface area contributed by atoms with Crippen LogP contribution in [-0.4, -0.2) is 15.1 Å². The van der Waals surface area contributed by atoms with Crippen molar-refractivity contribution in [3.05, 3.63) is 53.9 Å². The molecule has 0 amide bonds. The van der Waals surface area contributed by atoms with Gasteiger partial charge >= 0.3 is 0 Å². The van der Waals surface area contributed by atoms with E-state index in [1.807, 2.05) is 36.7 Å². The van der Waals surface area contributed by atoms with Crippen molar-refractivity contribution in [3.8, 4) is 0 Å². The van der Waals surface area contributed by atoms with Gasteiger partial charge < -0.3 is 0 Å². The van der Waals surface area contributed by atoms with Crippen LogP contribution in [0.2, 0.25) is 0 Å². The second-order valence-electron chi connectivity index (χ2n) is 3.12. The fourth-order valence-electron chi connectivity index (χ4n) is 1.48. The molecule has 0 bridgehead atoms. The minimum absolute atomic E-state index is 0.642. The Morgan fingerprint density at radius 1 is 1.36 bits per heavy atom. The monoisotopic (exact) mass is 201 g/mol. The Kier molecular flexibility index (Phi) is 3.60. The second kappa shape index (κ2) is 4.72.